The van der Waals surface area contributed by atoms with Crippen molar-refractivity contribution in [2.45, 2.75) is 70.6 Å². The van der Waals surface area contributed by atoms with Crippen LogP contribution in [0.3, 0.4) is 0 Å². The van der Waals surface area contributed by atoms with Crippen LogP contribution in [0.2, 0.25) is 0 Å². The van der Waals surface area contributed by atoms with Crippen molar-refractivity contribution in [2.75, 3.05) is 0 Å². The number of carboxylic acid groups (broad SMARTS) is 2. The van der Waals surface area contributed by atoms with Gasteiger partial charge in [0.25, 0.3) is 0 Å². The van der Waals surface area contributed by atoms with Crippen LogP contribution in [0.4, 0.5) is 0 Å². The Balaban J connectivity index is 5.07. The Hall–Kier alpha value is -3.22. The average molecular weight is 445 g/mol. The van der Waals surface area contributed by atoms with Gasteiger partial charge in [-0.2, -0.15) is 0 Å². The van der Waals surface area contributed by atoms with Crippen molar-refractivity contribution in [1.29, 1.82) is 0 Å². The molecule has 176 valence electrons. The molecule has 31 heavy (non-hydrogen) atoms. The highest BCUT2D eigenvalue weighted by molar-refractivity contribution is 5.95. The minimum atomic E-state index is -1.50. The molecule has 0 heterocycles. The summed E-state index contributed by atoms with van der Waals surface area (Å²) in [7, 11) is 0. The van der Waals surface area contributed by atoms with Gasteiger partial charge in [-0.25, -0.2) is 4.79 Å². The van der Waals surface area contributed by atoms with Gasteiger partial charge in [0.1, 0.15) is 18.1 Å². The fourth-order valence-corrected chi connectivity index (χ4v) is 2.50. The normalized spacial score (nSPS) is 14.6. The molecule has 0 saturated carbocycles. The van der Waals surface area contributed by atoms with Crippen LogP contribution in [-0.2, 0) is 28.8 Å². The third-order valence-corrected chi connectivity index (χ3v) is 4.12. The lowest BCUT2D eigenvalue weighted by Crippen LogP contribution is -2.56. The van der Waals surface area contributed by atoms with Crippen LogP contribution in [0.25, 0.3) is 0 Å². The van der Waals surface area contributed by atoms with Crippen molar-refractivity contribution in [3.05, 3.63) is 0 Å². The molecular formula is C18H31N5O8. The number of carbonyl (C=O) groups is 6. The molecule has 0 radical (unpaired) electrons. The van der Waals surface area contributed by atoms with Crippen LogP contribution in [0.1, 0.15) is 46.5 Å². The van der Waals surface area contributed by atoms with Crippen LogP contribution in [0.5, 0.6) is 0 Å². The average Bonchev–Trinajstić information content (AvgIpc) is 2.62. The second kappa shape index (κ2) is 13.2. The Labute approximate surface area is 179 Å². The monoisotopic (exact) mass is 445 g/mol. The predicted molar refractivity (Wildman–Crippen MR) is 107 cm³/mol. The summed E-state index contributed by atoms with van der Waals surface area (Å²) < 4.78 is 0. The van der Waals surface area contributed by atoms with Gasteiger partial charge in [0.05, 0.1) is 12.5 Å². The van der Waals surface area contributed by atoms with Gasteiger partial charge in [0, 0.05) is 6.42 Å². The van der Waals surface area contributed by atoms with Crippen LogP contribution in [0.15, 0.2) is 0 Å². The summed E-state index contributed by atoms with van der Waals surface area (Å²) in [5.41, 5.74) is 10.7. The zero-order valence-electron chi connectivity index (χ0n) is 17.7. The Kier molecular flexibility index (Phi) is 11.8. The van der Waals surface area contributed by atoms with Gasteiger partial charge in [-0.3, -0.25) is 24.0 Å². The van der Waals surface area contributed by atoms with Crippen molar-refractivity contribution in [2.24, 2.45) is 17.4 Å². The van der Waals surface area contributed by atoms with E-state index >= 15 is 0 Å². The summed E-state index contributed by atoms with van der Waals surface area (Å²) in [4.78, 5) is 69.9. The SMILES string of the molecule is CC(C)CC(N)C(=O)NC(CC(=O)O)C(=O)NC(C)C(=O)NC(CCC(N)=O)C(=O)O. The first kappa shape index (κ1) is 27.8. The number of carboxylic acids is 2. The van der Waals surface area contributed by atoms with E-state index in [9.17, 15) is 28.8 Å². The van der Waals surface area contributed by atoms with Crippen molar-refractivity contribution >= 4 is 35.6 Å². The standard InChI is InChI=1S/C18H31N5O8/c1-8(2)6-10(19)16(28)23-12(7-14(25)26)17(29)21-9(3)15(27)22-11(18(30)31)4-5-13(20)24/h8-12H,4-7,19H2,1-3H3,(H2,20,24)(H,21,29)(H,22,27)(H,23,28)(H,25,26)(H,30,31). The summed E-state index contributed by atoms with van der Waals surface area (Å²) in [6.07, 6.45) is -0.964. The van der Waals surface area contributed by atoms with Crippen LogP contribution in [0, 0.1) is 5.92 Å². The van der Waals surface area contributed by atoms with E-state index in [1.54, 1.807) is 0 Å². The molecule has 0 bridgehead atoms. The molecule has 0 saturated heterocycles. The third kappa shape index (κ3) is 11.5. The van der Waals surface area contributed by atoms with Crippen molar-refractivity contribution in [3.63, 3.8) is 0 Å². The van der Waals surface area contributed by atoms with E-state index in [0.29, 0.717) is 6.42 Å². The molecule has 4 atom stereocenters. The first-order valence-electron chi connectivity index (χ1n) is 9.64. The Morgan fingerprint density at radius 3 is 1.84 bits per heavy atom. The summed E-state index contributed by atoms with van der Waals surface area (Å²) >= 11 is 0. The summed E-state index contributed by atoms with van der Waals surface area (Å²) in [6, 6.07) is -5.13. The van der Waals surface area contributed by atoms with Crippen molar-refractivity contribution in [1.82, 2.24) is 16.0 Å². The Bertz CT molecular complexity index is 696. The maximum atomic E-state index is 12.4. The lowest BCUT2D eigenvalue weighted by Gasteiger charge is -2.23. The predicted octanol–water partition coefficient (Wildman–Crippen LogP) is -2.34. The highest BCUT2D eigenvalue weighted by Gasteiger charge is 2.29. The summed E-state index contributed by atoms with van der Waals surface area (Å²) in [5, 5.41) is 24.8. The Morgan fingerprint density at radius 2 is 1.39 bits per heavy atom. The molecule has 13 heteroatoms. The second-order valence-corrected chi connectivity index (χ2v) is 7.53. The van der Waals surface area contributed by atoms with E-state index in [1.165, 1.54) is 6.92 Å². The number of hydrogen-bond acceptors (Lipinski definition) is 7. The molecule has 9 N–H and O–H groups in total. The fourth-order valence-electron chi connectivity index (χ4n) is 2.50. The molecule has 4 amide bonds. The van der Waals surface area contributed by atoms with Gasteiger partial charge in [0.2, 0.25) is 23.6 Å². The van der Waals surface area contributed by atoms with Crippen molar-refractivity contribution < 1.29 is 39.0 Å². The van der Waals surface area contributed by atoms with Crippen LogP contribution >= 0.6 is 0 Å². The number of nitrogens with one attached hydrogen (secondary N) is 3. The summed E-state index contributed by atoms with van der Waals surface area (Å²) in [6.45, 7) is 4.91. The maximum absolute atomic E-state index is 12.4. The second-order valence-electron chi connectivity index (χ2n) is 7.53. The highest BCUT2D eigenvalue weighted by atomic mass is 16.4. The van der Waals surface area contributed by atoms with Gasteiger partial charge in [0.15, 0.2) is 0 Å². The lowest BCUT2D eigenvalue weighted by molar-refractivity contribution is -0.143. The third-order valence-electron chi connectivity index (χ3n) is 4.12. The molecule has 0 spiro atoms. The largest absolute Gasteiger partial charge is 0.481 e. The zero-order valence-corrected chi connectivity index (χ0v) is 17.7. The Morgan fingerprint density at radius 1 is 0.839 bits per heavy atom. The highest BCUT2D eigenvalue weighted by Crippen LogP contribution is 2.04. The van der Waals surface area contributed by atoms with Crippen LogP contribution in [-0.4, -0.2) is 69.9 Å². The van der Waals surface area contributed by atoms with Gasteiger partial charge in [-0.15, -0.1) is 0 Å². The number of nitrogens with two attached hydrogens (primary N) is 2. The number of amides is 4. The number of carbonyl (C=O) groups excluding carboxylic acids is 4. The molecule has 0 aliphatic rings. The molecule has 0 rings (SSSR count). The molecule has 0 aromatic rings. The van der Waals surface area contributed by atoms with Gasteiger partial charge in [-0.05, 0) is 25.7 Å². The van der Waals surface area contributed by atoms with Gasteiger partial charge < -0.3 is 37.6 Å². The first-order chi connectivity index (χ1) is 14.2. The molecule has 0 aromatic heterocycles. The fraction of sp³-hybridized carbons (Fsp3) is 0.667. The number of primary amides is 1. The van der Waals surface area contributed by atoms with E-state index in [0.717, 1.165) is 0 Å². The van der Waals surface area contributed by atoms with Gasteiger partial charge >= 0.3 is 11.9 Å². The molecule has 4 unspecified atom stereocenters. The molecule has 13 nitrogen and oxygen atoms in total. The van der Waals surface area contributed by atoms with Gasteiger partial charge in [-0.1, -0.05) is 13.8 Å². The maximum Gasteiger partial charge on any atom is 0.326 e. The van der Waals surface area contributed by atoms with E-state index in [-0.39, 0.29) is 18.8 Å². The van der Waals surface area contributed by atoms with E-state index < -0.39 is 66.2 Å². The number of hydrogen-bond donors (Lipinski definition) is 7. The zero-order chi connectivity index (χ0) is 24.3. The van der Waals surface area contributed by atoms with Crippen molar-refractivity contribution in [3.8, 4) is 0 Å². The molecule has 0 aliphatic heterocycles. The summed E-state index contributed by atoms with van der Waals surface area (Å²) in [5.74, 6) is -5.99. The molecule has 0 aliphatic carbocycles. The first-order valence-corrected chi connectivity index (χ1v) is 9.64. The van der Waals surface area contributed by atoms with E-state index in [4.69, 9.17) is 21.7 Å². The minimum Gasteiger partial charge on any atom is -0.481 e. The quantitative estimate of drug-likeness (QED) is 0.151. The molecule has 0 fully saturated rings. The minimum absolute atomic E-state index is 0.0907. The lowest BCUT2D eigenvalue weighted by atomic mass is 10.0. The van der Waals surface area contributed by atoms with E-state index in [1.807, 2.05) is 13.8 Å². The molecular weight excluding hydrogens is 414 g/mol. The van der Waals surface area contributed by atoms with Crippen LogP contribution < -0.4 is 27.4 Å². The number of rotatable bonds is 14. The van der Waals surface area contributed by atoms with E-state index in [2.05, 4.69) is 16.0 Å². The number of aliphatic carboxylic acids is 2. The smallest absolute Gasteiger partial charge is 0.326 e. The molecule has 0 aromatic carbocycles. The topological polar surface area (TPSA) is 231 Å².